The number of allylic oxidation sites excluding steroid dienone is 1. The van der Waals surface area contributed by atoms with Crippen LogP contribution in [0.2, 0.25) is 0 Å². The number of likely N-dealkylation sites (tertiary alicyclic amines) is 1. The van der Waals surface area contributed by atoms with Gasteiger partial charge >= 0.3 is 0 Å². The SMILES string of the molecule is CCCCC=CN1CCCC1=O. The third-order valence-electron chi connectivity index (χ3n) is 2.12. The summed E-state index contributed by atoms with van der Waals surface area (Å²) >= 11 is 0. The van der Waals surface area contributed by atoms with E-state index in [-0.39, 0.29) is 5.91 Å². The minimum Gasteiger partial charge on any atom is -0.319 e. The van der Waals surface area contributed by atoms with Crippen LogP contribution in [0.3, 0.4) is 0 Å². The third-order valence-corrected chi connectivity index (χ3v) is 2.12. The number of carbonyl (C=O) groups is 1. The summed E-state index contributed by atoms with van der Waals surface area (Å²) in [7, 11) is 0. The van der Waals surface area contributed by atoms with Crippen LogP contribution in [-0.2, 0) is 4.79 Å². The van der Waals surface area contributed by atoms with Crippen molar-refractivity contribution in [3.8, 4) is 0 Å². The first-order valence-electron chi connectivity index (χ1n) is 4.80. The van der Waals surface area contributed by atoms with Crippen molar-refractivity contribution in [2.24, 2.45) is 0 Å². The highest BCUT2D eigenvalue weighted by Gasteiger charge is 2.16. The number of unbranched alkanes of at least 4 members (excludes halogenated alkanes) is 2. The Balaban J connectivity index is 2.20. The Morgan fingerprint density at radius 2 is 2.42 bits per heavy atom. The van der Waals surface area contributed by atoms with Gasteiger partial charge in [0.15, 0.2) is 0 Å². The highest BCUT2D eigenvalue weighted by atomic mass is 16.2. The van der Waals surface area contributed by atoms with E-state index in [1.165, 1.54) is 12.8 Å². The molecule has 1 amide bonds. The van der Waals surface area contributed by atoms with E-state index in [0.29, 0.717) is 0 Å². The van der Waals surface area contributed by atoms with Crippen LogP contribution >= 0.6 is 0 Å². The van der Waals surface area contributed by atoms with Crippen molar-refractivity contribution in [1.29, 1.82) is 0 Å². The van der Waals surface area contributed by atoms with Crippen LogP contribution in [0.5, 0.6) is 0 Å². The second kappa shape index (κ2) is 4.96. The van der Waals surface area contributed by atoms with Gasteiger partial charge in [-0.25, -0.2) is 0 Å². The molecule has 2 heteroatoms. The highest BCUT2D eigenvalue weighted by molar-refractivity contribution is 5.79. The van der Waals surface area contributed by atoms with Crippen LogP contribution < -0.4 is 0 Å². The molecule has 0 spiro atoms. The summed E-state index contributed by atoms with van der Waals surface area (Å²) in [6.07, 6.45) is 9.35. The Bertz CT molecular complexity index is 175. The molecule has 2 nitrogen and oxygen atoms in total. The number of nitrogens with zero attached hydrogens (tertiary/aromatic N) is 1. The predicted molar refractivity (Wildman–Crippen MR) is 49.6 cm³/mol. The maximum Gasteiger partial charge on any atom is 0.226 e. The van der Waals surface area contributed by atoms with Gasteiger partial charge < -0.3 is 4.90 Å². The Labute approximate surface area is 74.2 Å². The smallest absolute Gasteiger partial charge is 0.226 e. The Hall–Kier alpha value is -0.790. The Morgan fingerprint density at radius 3 is 3.00 bits per heavy atom. The molecule has 0 aromatic carbocycles. The molecule has 0 bridgehead atoms. The molecule has 0 aromatic heterocycles. The third kappa shape index (κ3) is 2.68. The van der Waals surface area contributed by atoms with Crippen molar-refractivity contribution in [3.05, 3.63) is 12.3 Å². The maximum atomic E-state index is 11.1. The quantitative estimate of drug-likeness (QED) is 0.588. The van der Waals surface area contributed by atoms with Crippen molar-refractivity contribution in [1.82, 2.24) is 4.90 Å². The molecule has 0 unspecified atom stereocenters. The zero-order valence-corrected chi connectivity index (χ0v) is 7.75. The lowest BCUT2D eigenvalue weighted by Gasteiger charge is -2.07. The summed E-state index contributed by atoms with van der Waals surface area (Å²) in [5, 5.41) is 0. The normalized spacial score (nSPS) is 18.1. The predicted octanol–water partition coefficient (Wildman–Crippen LogP) is 2.31. The van der Waals surface area contributed by atoms with Gasteiger partial charge in [0.1, 0.15) is 0 Å². The number of hydrogen-bond donors (Lipinski definition) is 0. The van der Waals surface area contributed by atoms with Gasteiger partial charge in [-0.15, -0.1) is 0 Å². The van der Waals surface area contributed by atoms with Crippen molar-refractivity contribution in [3.63, 3.8) is 0 Å². The zero-order chi connectivity index (χ0) is 8.81. The second-order valence-electron chi connectivity index (χ2n) is 3.22. The minimum atomic E-state index is 0.280. The van der Waals surface area contributed by atoms with Gasteiger partial charge in [0.25, 0.3) is 0 Å². The molecular formula is C10H17NO. The van der Waals surface area contributed by atoms with Gasteiger partial charge in [0.05, 0.1) is 0 Å². The first kappa shape index (κ1) is 9.30. The van der Waals surface area contributed by atoms with Crippen LogP contribution in [0, 0.1) is 0 Å². The van der Waals surface area contributed by atoms with Gasteiger partial charge in [0, 0.05) is 19.2 Å². The monoisotopic (exact) mass is 167 g/mol. The molecule has 0 atom stereocenters. The largest absolute Gasteiger partial charge is 0.319 e. The molecule has 0 radical (unpaired) electrons. The topological polar surface area (TPSA) is 20.3 Å². The van der Waals surface area contributed by atoms with E-state index in [1.807, 2.05) is 11.1 Å². The molecule has 0 aromatic rings. The van der Waals surface area contributed by atoms with Crippen molar-refractivity contribution in [2.45, 2.75) is 39.0 Å². The van der Waals surface area contributed by atoms with E-state index in [1.54, 1.807) is 0 Å². The molecule has 1 aliphatic heterocycles. The Kier molecular flexibility index (Phi) is 3.85. The first-order valence-corrected chi connectivity index (χ1v) is 4.80. The van der Waals surface area contributed by atoms with Crippen molar-refractivity contribution >= 4 is 5.91 Å². The molecule has 0 aliphatic carbocycles. The lowest BCUT2D eigenvalue weighted by molar-refractivity contribution is -0.125. The van der Waals surface area contributed by atoms with Gasteiger partial charge in [-0.3, -0.25) is 4.79 Å². The lowest BCUT2D eigenvalue weighted by Crippen LogP contribution is -2.17. The molecular weight excluding hydrogens is 150 g/mol. The van der Waals surface area contributed by atoms with E-state index in [0.717, 1.165) is 25.8 Å². The van der Waals surface area contributed by atoms with Crippen LogP contribution in [-0.4, -0.2) is 17.4 Å². The molecule has 1 aliphatic rings. The standard InChI is InChI=1S/C10H17NO/c1-2-3-4-5-8-11-9-6-7-10(11)12/h5,8H,2-4,6-7,9H2,1H3. The molecule has 0 N–H and O–H groups in total. The zero-order valence-electron chi connectivity index (χ0n) is 7.75. The number of carbonyl (C=O) groups excluding carboxylic acids is 1. The summed E-state index contributed by atoms with van der Waals surface area (Å²) in [6.45, 7) is 3.09. The lowest BCUT2D eigenvalue weighted by atomic mass is 10.2. The van der Waals surface area contributed by atoms with Gasteiger partial charge in [-0.1, -0.05) is 25.8 Å². The van der Waals surface area contributed by atoms with Crippen molar-refractivity contribution < 1.29 is 4.79 Å². The summed E-state index contributed by atoms with van der Waals surface area (Å²) in [5.41, 5.74) is 0. The van der Waals surface area contributed by atoms with E-state index in [4.69, 9.17) is 0 Å². The first-order chi connectivity index (χ1) is 5.84. The highest BCUT2D eigenvalue weighted by Crippen LogP contribution is 2.10. The number of hydrogen-bond acceptors (Lipinski definition) is 1. The molecule has 0 saturated carbocycles. The molecule has 1 saturated heterocycles. The number of rotatable bonds is 4. The maximum absolute atomic E-state index is 11.1. The molecule has 1 rings (SSSR count). The van der Waals surface area contributed by atoms with Gasteiger partial charge in [-0.05, 0) is 12.8 Å². The number of amides is 1. The summed E-state index contributed by atoms with van der Waals surface area (Å²) in [5.74, 6) is 0.280. The summed E-state index contributed by atoms with van der Waals surface area (Å²) in [4.78, 5) is 12.9. The van der Waals surface area contributed by atoms with Gasteiger partial charge in [0.2, 0.25) is 5.91 Å². The van der Waals surface area contributed by atoms with E-state index >= 15 is 0 Å². The van der Waals surface area contributed by atoms with Crippen molar-refractivity contribution in [2.75, 3.05) is 6.54 Å². The molecule has 1 heterocycles. The summed E-state index contributed by atoms with van der Waals surface area (Å²) in [6, 6.07) is 0. The summed E-state index contributed by atoms with van der Waals surface area (Å²) < 4.78 is 0. The van der Waals surface area contributed by atoms with Crippen LogP contribution in [0.1, 0.15) is 39.0 Å². The minimum absolute atomic E-state index is 0.280. The van der Waals surface area contributed by atoms with Gasteiger partial charge in [-0.2, -0.15) is 0 Å². The molecule has 68 valence electrons. The van der Waals surface area contributed by atoms with E-state index in [2.05, 4.69) is 13.0 Å². The van der Waals surface area contributed by atoms with E-state index in [9.17, 15) is 4.79 Å². The average Bonchev–Trinajstić information content (AvgIpc) is 2.46. The fourth-order valence-corrected chi connectivity index (χ4v) is 1.35. The fourth-order valence-electron chi connectivity index (χ4n) is 1.35. The molecule has 1 fully saturated rings. The Morgan fingerprint density at radius 1 is 1.58 bits per heavy atom. The van der Waals surface area contributed by atoms with Crippen LogP contribution in [0.25, 0.3) is 0 Å². The average molecular weight is 167 g/mol. The second-order valence-corrected chi connectivity index (χ2v) is 3.22. The van der Waals surface area contributed by atoms with Crippen LogP contribution in [0.4, 0.5) is 0 Å². The molecule has 12 heavy (non-hydrogen) atoms. The van der Waals surface area contributed by atoms with Crippen LogP contribution in [0.15, 0.2) is 12.3 Å². The fraction of sp³-hybridized carbons (Fsp3) is 0.700. The van der Waals surface area contributed by atoms with E-state index < -0.39 is 0 Å².